The topological polar surface area (TPSA) is 295 Å². The van der Waals surface area contributed by atoms with Gasteiger partial charge in [0.25, 0.3) is 5.69 Å². The van der Waals surface area contributed by atoms with Crippen molar-refractivity contribution in [2.24, 2.45) is 0 Å². The molecule has 1 aliphatic rings. The molecular formula is C21H26NO18P3. The monoisotopic (exact) mass is 673 g/mol. The third-order valence-electron chi connectivity index (χ3n) is 6.46. The van der Waals surface area contributed by atoms with E-state index in [2.05, 4.69) is 9.05 Å². The first-order valence-electron chi connectivity index (χ1n) is 12.0. The Morgan fingerprint density at radius 3 is 1.98 bits per heavy atom. The number of phosphoric acid groups is 3. The first kappa shape index (κ1) is 33.7. The Bertz CT molecular complexity index is 1650. The summed E-state index contributed by atoms with van der Waals surface area (Å²) < 4.78 is 66.4. The second kappa shape index (κ2) is 12.3. The Hall–Kier alpha value is -2.15. The van der Waals surface area contributed by atoms with E-state index in [-0.39, 0.29) is 11.1 Å². The maximum absolute atomic E-state index is 13.6. The maximum Gasteiger partial charge on any atom is 0.475 e. The summed E-state index contributed by atoms with van der Waals surface area (Å²) in [5, 5.41) is 44.4. The van der Waals surface area contributed by atoms with Crippen molar-refractivity contribution < 1.29 is 80.5 Å². The number of furan rings is 1. The Balaban J connectivity index is 1.72. The van der Waals surface area contributed by atoms with Gasteiger partial charge in [0.1, 0.15) is 47.8 Å². The van der Waals surface area contributed by atoms with Crippen molar-refractivity contribution in [2.45, 2.75) is 49.7 Å². The van der Waals surface area contributed by atoms with Gasteiger partial charge in [0.05, 0.1) is 22.7 Å². The van der Waals surface area contributed by atoms with Crippen LogP contribution in [0.1, 0.15) is 18.6 Å². The molecule has 19 nitrogen and oxygen atoms in total. The van der Waals surface area contributed by atoms with E-state index in [9.17, 15) is 58.7 Å². The van der Waals surface area contributed by atoms with E-state index in [0.29, 0.717) is 16.4 Å². The Morgan fingerprint density at radius 2 is 1.40 bits per heavy atom. The smallest absolute Gasteiger partial charge is 0.456 e. The molecule has 1 fully saturated rings. The predicted octanol–water partition coefficient (Wildman–Crippen LogP) is 1.76. The summed E-state index contributed by atoms with van der Waals surface area (Å²) in [6, 6.07) is 9.15. The number of hydrogen-bond donors (Lipinski definition) is 7. The predicted molar refractivity (Wildman–Crippen MR) is 141 cm³/mol. The van der Waals surface area contributed by atoms with Crippen LogP contribution in [0.2, 0.25) is 0 Å². The molecule has 0 amide bonds. The van der Waals surface area contributed by atoms with Crippen molar-refractivity contribution >= 4 is 51.1 Å². The summed E-state index contributed by atoms with van der Waals surface area (Å²) in [7, 11) is -15.3. The van der Waals surface area contributed by atoms with Gasteiger partial charge < -0.3 is 39.3 Å². The summed E-state index contributed by atoms with van der Waals surface area (Å²) in [5.74, 6) is 0. The van der Waals surface area contributed by atoms with Crippen LogP contribution in [-0.4, -0.2) is 83.6 Å². The van der Waals surface area contributed by atoms with Gasteiger partial charge in [-0.3, -0.25) is 32.7 Å². The summed E-state index contributed by atoms with van der Waals surface area (Å²) in [6.07, 6.45) is -16.1. The van der Waals surface area contributed by atoms with Gasteiger partial charge in [-0.15, -0.1) is 0 Å². The average molecular weight is 673 g/mol. The van der Waals surface area contributed by atoms with Gasteiger partial charge in [-0.1, -0.05) is 18.2 Å². The standard InChI is InChI=1S/C21H26NO18P3/c1-9(11-7-12-10-5-3-4-6-14(10)36-15(12)8-13(11)22(26)27)37-43(34,35-2)40-21-18(25)19(38-41(28,29)30)16(23)17(24)20(21)39-42(31,32)33/h3-9,16-21,23-25H,1-2H3,(H2,28,29,30)(H2,31,32,33). The van der Waals surface area contributed by atoms with Gasteiger partial charge in [0.15, 0.2) is 0 Å². The molecule has 2 aromatic carbocycles. The number of hydrogen-bond acceptors (Lipinski definition) is 14. The van der Waals surface area contributed by atoms with E-state index in [1.807, 2.05) is 0 Å². The molecular weight excluding hydrogens is 647 g/mol. The van der Waals surface area contributed by atoms with E-state index in [4.69, 9.17) is 18.0 Å². The largest absolute Gasteiger partial charge is 0.475 e. The minimum absolute atomic E-state index is 0.154. The van der Waals surface area contributed by atoms with Crippen LogP contribution in [0.15, 0.2) is 40.8 Å². The molecule has 238 valence electrons. The lowest BCUT2D eigenvalue weighted by atomic mass is 9.85. The van der Waals surface area contributed by atoms with E-state index in [1.54, 1.807) is 24.3 Å². The molecule has 1 aromatic heterocycles. The fraction of sp³-hybridized carbons (Fsp3) is 0.429. The SMILES string of the molecule is COP(=O)(OC(C)c1cc2c(cc1[N+](=O)[O-])oc1ccccc12)OC1C(O)C(OP(=O)(O)O)C(O)C(O)C1OP(=O)(O)O. The lowest BCUT2D eigenvalue weighted by Gasteiger charge is -2.44. The normalized spacial score (nSPS) is 27.3. The van der Waals surface area contributed by atoms with Crippen molar-refractivity contribution in [1.82, 2.24) is 0 Å². The minimum Gasteiger partial charge on any atom is -0.456 e. The van der Waals surface area contributed by atoms with E-state index in [1.165, 1.54) is 13.0 Å². The zero-order valence-electron chi connectivity index (χ0n) is 21.9. The van der Waals surface area contributed by atoms with Crippen LogP contribution in [0.3, 0.4) is 0 Å². The molecule has 1 heterocycles. The number of benzene rings is 2. The van der Waals surface area contributed by atoms with Gasteiger partial charge in [0, 0.05) is 17.9 Å². The zero-order valence-corrected chi connectivity index (χ0v) is 24.6. The number of para-hydroxylation sites is 1. The van der Waals surface area contributed by atoms with Gasteiger partial charge in [-0.05, 0) is 19.1 Å². The summed E-state index contributed by atoms with van der Waals surface area (Å²) in [5.41, 5.74) is -0.119. The number of phosphoric ester groups is 3. The molecule has 4 rings (SSSR count). The van der Waals surface area contributed by atoms with Crippen molar-refractivity contribution in [3.05, 3.63) is 52.1 Å². The van der Waals surface area contributed by atoms with Crippen molar-refractivity contribution in [2.75, 3.05) is 7.11 Å². The number of nitro benzene ring substituents is 1. The highest BCUT2D eigenvalue weighted by molar-refractivity contribution is 7.48. The van der Waals surface area contributed by atoms with Crippen molar-refractivity contribution in [3.63, 3.8) is 0 Å². The van der Waals surface area contributed by atoms with Crippen LogP contribution < -0.4 is 0 Å². The first-order chi connectivity index (χ1) is 19.8. The molecule has 8 unspecified atom stereocenters. The number of aliphatic hydroxyl groups is 3. The minimum atomic E-state index is -5.54. The molecule has 22 heteroatoms. The van der Waals surface area contributed by atoms with Gasteiger partial charge in [0.2, 0.25) is 0 Å². The third kappa shape index (κ3) is 7.40. The zero-order chi connectivity index (χ0) is 32.1. The second-order valence-corrected chi connectivity index (χ2v) is 13.4. The van der Waals surface area contributed by atoms with Gasteiger partial charge in [-0.25, -0.2) is 13.7 Å². The van der Waals surface area contributed by atoms with Crippen molar-refractivity contribution in [3.8, 4) is 0 Å². The molecule has 0 saturated heterocycles. The van der Waals surface area contributed by atoms with E-state index >= 15 is 0 Å². The number of nitrogens with zero attached hydrogens (tertiary/aromatic N) is 1. The van der Waals surface area contributed by atoms with Crippen LogP contribution in [0.4, 0.5) is 5.69 Å². The summed E-state index contributed by atoms with van der Waals surface area (Å²) in [4.78, 5) is 48.1. The van der Waals surface area contributed by atoms with Gasteiger partial charge >= 0.3 is 23.5 Å². The lowest BCUT2D eigenvalue weighted by Crippen LogP contribution is -2.65. The molecule has 7 N–H and O–H groups in total. The molecule has 8 atom stereocenters. The fourth-order valence-corrected chi connectivity index (χ4v) is 7.02. The maximum atomic E-state index is 13.6. The quantitative estimate of drug-likeness (QED) is 0.0866. The molecule has 1 aliphatic carbocycles. The van der Waals surface area contributed by atoms with Gasteiger partial charge in [-0.2, -0.15) is 0 Å². The molecule has 0 aliphatic heterocycles. The molecule has 0 bridgehead atoms. The molecule has 43 heavy (non-hydrogen) atoms. The number of aliphatic hydroxyl groups excluding tert-OH is 3. The number of fused-ring (bicyclic) bond motifs is 3. The highest BCUT2D eigenvalue weighted by Gasteiger charge is 2.57. The van der Waals surface area contributed by atoms with E-state index < -0.39 is 76.8 Å². The summed E-state index contributed by atoms with van der Waals surface area (Å²) >= 11 is 0. The molecule has 1 saturated carbocycles. The Kier molecular flexibility index (Phi) is 9.67. The fourth-order valence-electron chi connectivity index (χ4n) is 4.62. The second-order valence-electron chi connectivity index (χ2n) is 9.30. The Morgan fingerprint density at radius 1 is 0.837 bits per heavy atom. The average Bonchev–Trinajstić information content (AvgIpc) is 3.27. The first-order valence-corrected chi connectivity index (χ1v) is 16.5. The number of rotatable bonds is 11. The van der Waals surface area contributed by atoms with Crippen molar-refractivity contribution in [1.29, 1.82) is 0 Å². The molecule has 0 radical (unpaired) electrons. The molecule has 0 spiro atoms. The molecule has 3 aromatic rings. The van der Waals surface area contributed by atoms with Crippen LogP contribution in [-0.2, 0) is 36.3 Å². The van der Waals surface area contributed by atoms with Crippen LogP contribution in [0.5, 0.6) is 0 Å². The highest BCUT2D eigenvalue weighted by atomic mass is 31.2. The van der Waals surface area contributed by atoms with E-state index in [0.717, 1.165) is 13.2 Å². The van der Waals surface area contributed by atoms with Crippen LogP contribution in [0.25, 0.3) is 21.9 Å². The highest BCUT2D eigenvalue weighted by Crippen LogP contribution is 2.57. The Labute approximate surface area is 240 Å². The summed E-state index contributed by atoms with van der Waals surface area (Å²) in [6.45, 7) is 1.21. The lowest BCUT2D eigenvalue weighted by molar-refractivity contribution is -0.386. The van der Waals surface area contributed by atoms with Crippen LogP contribution in [0, 0.1) is 10.1 Å². The number of nitro groups is 1. The third-order valence-corrected chi connectivity index (χ3v) is 9.02. The van der Waals surface area contributed by atoms with Crippen LogP contribution >= 0.6 is 23.5 Å².